The quantitative estimate of drug-likeness (QED) is 0.748. The number of aromatic nitrogens is 2. The summed E-state index contributed by atoms with van der Waals surface area (Å²) in [6, 6.07) is 10.2. The number of fused-ring (bicyclic) bond motifs is 4. The van der Waals surface area contributed by atoms with Crippen molar-refractivity contribution in [1.29, 1.82) is 0 Å². The molecular weight excluding hydrogens is 380 g/mol. The van der Waals surface area contributed by atoms with E-state index in [-0.39, 0.29) is 5.56 Å². The normalized spacial score (nSPS) is 24.4. The molecule has 0 unspecified atom stereocenters. The Balaban J connectivity index is 1.32. The Kier molecular flexibility index (Phi) is 5.58. The van der Waals surface area contributed by atoms with Crippen molar-refractivity contribution in [2.45, 2.75) is 32.0 Å². The van der Waals surface area contributed by atoms with E-state index in [4.69, 9.17) is 9.47 Å². The number of hydrogen-bond donors (Lipinski definition) is 0. The zero-order chi connectivity index (χ0) is 20.5. The van der Waals surface area contributed by atoms with Crippen molar-refractivity contribution in [1.82, 2.24) is 19.4 Å². The van der Waals surface area contributed by atoms with E-state index in [1.807, 2.05) is 12.1 Å². The van der Waals surface area contributed by atoms with Gasteiger partial charge in [-0.25, -0.2) is 4.98 Å². The highest BCUT2D eigenvalue weighted by Crippen LogP contribution is 2.35. The topological polar surface area (TPSA) is 59.8 Å². The van der Waals surface area contributed by atoms with Crippen LogP contribution in [0.4, 0.5) is 0 Å². The van der Waals surface area contributed by atoms with Gasteiger partial charge in [-0.1, -0.05) is 12.1 Å². The lowest BCUT2D eigenvalue weighted by Gasteiger charge is -2.43. The molecule has 0 amide bonds. The van der Waals surface area contributed by atoms with Gasteiger partial charge >= 0.3 is 0 Å². The second kappa shape index (κ2) is 8.49. The maximum Gasteiger partial charge on any atom is 0.255 e. The van der Waals surface area contributed by atoms with Crippen LogP contribution in [-0.2, 0) is 24.4 Å². The van der Waals surface area contributed by atoms with Crippen LogP contribution in [0.25, 0.3) is 0 Å². The number of morpholine rings is 1. The summed E-state index contributed by atoms with van der Waals surface area (Å²) in [5, 5.41) is 0. The molecule has 2 bridgehead atoms. The monoisotopic (exact) mass is 410 g/mol. The molecular formula is C23H30N4O3. The Morgan fingerprint density at radius 1 is 1.07 bits per heavy atom. The number of piperidine rings is 1. The van der Waals surface area contributed by atoms with Gasteiger partial charge < -0.3 is 14.0 Å². The predicted molar refractivity (Wildman–Crippen MR) is 114 cm³/mol. The van der Waals surface area contributed by atoms with E-state index in [1.54, 1.807) is 7.11 Å². The molecule has 160 valence electrons. The fourth-order valence-electron chi connectivity index (χ4n) is 5.23. The smallest absolute Gasteiger partial charge is 0.255 e. The van der Waals surface area contributed by atoms with E-state index in [0.29, 0.717) is 17.7 Å². The van der Waals surface area contributed by atoms with Crippen LogP contribution in [0.2, 0.25) is 0 Å². The SMILES string of the molecule is COc1cccc(CN2C[C@@H]3C[C@H](C2)c2ccc(CN4CCOCC4)c(=O)n2C3)n1. The first-order chi connectivity index (χ1) is 14.7. The number of pyridine rings is 2. The fourth-order valence-corrected chi connectivity index (χ4v) is 5.23. The molecule has 2 fully saturated rings. The zero-order valence-electron chi connectivity index (χ0n) is 17.6. The second-order valence-corrected chi connectivity index (χ2v) is 8.75. The van der Waals surface area contributed by atoms with Gasteiger partial charge in [0.1, 0.15) is 0 Å². The Hall–Kier alpha value is -2.22. The van der Waals surface area contributed by atoms with Crippen molar-refractivity contribution in [3.8, 4) is 5.88 Å². The molecule has 5 rings (SSSR count). The molecule has 3 aliphatic heterocycles. The summed E-state index contributed by atoms with van der Waals surface area (Å²) in [5.41, 5.74) is 3.35. The average Bonchev–Trinajstić information content (AvgIpc) is 2.77. The van der Waals surface area contributed by atoms with Gasteiger partial charge in [-0.3, -0.25) is 14.6 Å². The summed E-state index contributed by atoms with van der Waals surface area (Å²) in [6.07, 6.45) is 1.17. The number of likely N-dealkylation sites (tertiary alicyclic amines) is 1. The Morgan fingerprint density at radius 3 is 2.77 bits per heavy atom. The van der Waals surface area contributed by atoms with Crippen molar-refractivity contribution in [3.05, 3.63) is 57.6 Å². The highest BCUT2D eigenvalue weighted by molar-refractivity contribution is 5.23. The molecule has 0 aromatic carbocycles. The fraction of sp³-hybridized carbons (Fsp3) is 0.565. The predicted octanol–water partition coefficient (Wildman–Crippen LogP) is 1.70. The first-order valence-electron chi connectivity index (χ1n) is 10.9. The van der Waals surface area contributed by atoms with Gasteiger partial charge in [-0.05, 0) is 24.5 Å². The Bertz CT molecular complexity index is 954. The minimum absolute atomic E-state index is 0.205. The lowest BCUT2D eigenvalue weighted by molar-refractivity contribution is 0.0338. The van der Waals surface area contributed by atoms with Gasteiger partial charge in [0.05, 0.1) is 26.0 Å². The van der Waals surface area contributed by atoms with Crippen molar-refractivity contribution in [2.24, 2.45) is 5.92 Å². The van der Waals surface area contributed by atoms with Gasteiger partial charge in [-0.2, -0.15) is 0 Å². The van der Waals surface area contributed by atoms with E-state index < -0.39 is 0 Å². The molecule has 2 saturated heterocycles. The van der Waals surface area contributed by atoms with E-state index in [9.17, 15) is 4.79 Å². The van der Waals surface area contributed by atoms with Gasteiger partial charge in [0.2, 0.25) is 5.88 Å². The van der Waals surface area contributed by atoms with Crippen molar-refractivity contribution >= 4 is 0 Å². The molecule has 5 heterocycles. The summed E-state index contributed by atoms with van der Waals surface area (Å²) < 4.78 is 12.8. The highest BCUT2D eigenvalue weighted by atomic mass is 16.5. The highest BCUT2D eigenvalue weighted by Gasteiger charge is 2.35. The summed E-state index contributed by atoms with van der Waals surface area (Å²) in [7, 11) is 1.65. The van der Waals surface area contributed by atoms with Crippen LogP contribution in [0.3, 0.4) is 0 Å². The zero-order valence-corrected chi connectivity index (χ0v) is 17.6. The Morgan fingerprint density at radius 2 is 1.93 bits per heavy atom. The molecule has 0 radical (unpaired) electrons. The number of nitrogens with zero attached hydrogens (tertiary/aromatic N) is 4. The Labute approximate surface area is 177 Å². The van der Waals surface area contributed by atoms with Crippen LogP contribution in [-0.4, -0.2) is 65.9 Å². The van der Waals surface area contributed by atoms with Crippen LogP contribution in [0.5, 0.6) is 5.88 Å². The molecule has 7 nitrogen and oxygen atoms in total. The molecule has 2 aromatic heterocycles. The average molecular weight is 411 g/mol. The summed E-state index contributed by atoms with van der Waals surface area (Å²) >= 11 is 0. The van der Waals surface area contributed by atoms with Crippen LogP contribution < -0.4 is 10.3 Å². The van der Waals surface area contributed by atoms with Crippen LogP contribution >= 0.6 is 0 Å². The lowest BCUT2D eigenvalue weighted by Crippen LogP contribution is -2.47. The molecule has 2 atom stereocenters. The number of methoxy groups -OCH3 is 1. The van der Waals surface area contributed by atoms with Crippen LogP contribution in [0.1, 0.15) is 29.3 Å². The lowest BCUT2D eigenvalue weighted by atomic mass is 9.83. The van der Waals surface area contributed by atoms with E-state index in [0.717, 1.165) is 70.3 Å². The van der Waals surface area contributed by atoms with E-state index in [2.05, 4.69) is 37.5 Å². The number of rotatable bonds is 5. The van der Waals surface area contributed by atoms with E-state index in [1.165, 1.54) is 12.1 Å². The third-order valence-corrected chi connectivity index (χ3v) is 6.63. The maximum atomic E-state index is 13.2. The van der Waals surface area contributed by atoms with Crippen LogP contribution in [0.15, 0.2) is 35.1 Å². The number of hydrogen-bond acceptors (Lipinski definition) is 6. The van der Waals surface area contributed by atoms with Crippen molar-refractivity contribution in [3.63, 3.8) is 0 Å². The largest absolute Gasteiger partial charge is 0.481 e. The molecule has 3 aliphatic rings. The summed E-state index contributed by atoms with van der Waals surface area (Å²) in [6.45, 7) is 7.67. The third-order valence-electron chi connectivity index (χ3n) is 6.63. The van der Waals surface area contributed by atoms with Gasteiger partial charge in [0.25, 0.3) is 5.56 Å². The minimum atomic E-state index is 0.205. The van der Waals surface area contributed by atoms with E-state index >= 15 is 0 Å². The van der Waals surface area contributed by atoms with Gasteiger partial charge in [-0.15, -0.1) is 0 Å². The number of ether oxygens (including phenoxy) is 2. The van der Waals surface area contributed by atoms with Crippen molar-refractivity contribution < 1.29 is 9.47 Å². The van der Waals surface area contributed by atoms with Gasteiger partial charge in [0.15, 0.2) is 0 Å². The standard InChI is InChI=1S/C23H30N4O3/c1-29-22-4-2-3-20(24-22)16-26-12-17-11-19(15-26)21-6-5-18(23(28)27(21)13-17)14-25-7-9-30-10-8-25/h2-6,17,19H,7-16H2,1H3/t17-,19+/m0/s1. The second-order valence-electron chi connectivity index (χ2n) is 8.75. The first kappa shape index (κ1) is 19.7. The molecule has 7 heteroatoms. The van der Waals surface area contributed by atoms with Gasteiger partial charge in [0, 0.05) is 69.1 Å². The molecule has 0 spiro atoms. The summed E-state index contributed by atoms with van der Waals surface area (Å²) in [4.78, 5) is 22.6. The molecule has 0 N–H and O–H groups in total. The minimum Gasteiger partial charge on any atom is -0.481 e. The molecule has 30 heavy (non-hydrogen) atoms. The maximum absolute atomic E-state index is 13.2. The molecule has 0 saturated carbocycles. The third kappa shape index (κ3) is 4.02. The van der Waals surface area contributed by atoms with Crippen LogP contribution in [0, 0.1) is 5.92 Å². The van der Waals surface area contributed by atoms with Crippen molar-refractivity contribution in [2.75, 3.05) is 46.5 Å². The molecule has 0 aliphatic carbocycles. The molecule has 2 aromatic rings. The first-order valence-corrected chi connectivity index (χ1v) is 10.9. The summed E-state index contributed by atoms with van der Waals surface area (Å²) in [5.74, 6) is 1.58.